The van der Waals surface area contributed by atoms with Crippen molar-refractivity contribution in [3.63, 3.8) is 0 Å². The average molecular weight is 437 g/mol. The van der Waals surface area contributed by atoms with Gasteiger partial charge >= 0.3 is 12.1 Å². The molecule has 1 unspecified atom stereocenters. The summed E-state index contributed by atoms with van der Waals surface area (Å²) in [7, 11) is 0. The zero-order valence-electron chi connectivity index (χ0n) is 18.1. The molecule has 0 aromatic heterocycles. The molecule has 0 heterocycles. The van der Waals surface area contributed by atoms with Gasteiger partial charge in [-0.2, -0.15) is 0 Å². The largest absolute Gasteiger partial charge is 0.480 e. The first-order valence-corrected chi connectivity index (χ1v) is 11.1. The Balaban J connectivity index is 1.40. The maximum atomic E-state index is 12.7. The number of rotatable bonds is 8. The lowest BCUT2D eigenvalue weighted by molar-refractivity contribution is -0.152. The number of hydrogen-bond acceptors (Lipinski definition) is 4. The Morgan fingerprint density at radius 2 is 1.66 bits per heavy atom. The van der Waals surface area contributed by atoms with Crippen LogP contribution in [0, 0.1) is 0 Å². The molecule has 0 bridgehead atoms. The number of carbonyl (C=O) groups excluding carboxylic acids is 2. The quantitative estimate of drug-likeness (QED) is 0.584. The lowest BCUT2D eigenvalue weighted by atomic mass is 9.76. The molecular formula is C25H28N2O5. The third kappa shape index (κ3) is 4.07. The Morgan fingerprint density at radius 1 is 1.06 bits per heavy atom. The topological polar surface area (TPSA) is 105 Å². The molecule has 0 spiro atoms. The molecule has 7 nitrogen and oxygen atoms in total. The highest BCUT2D eigenvalue weighted by Crippen LogP contribution is 2.44. The minimum Gasteiger partial charge on any atom is -0.480 e. The summed E-state index contributed by atoms with van der Waals surface area (Å²) in [5, 5.41) is 14.7. The van der Waals surface area contributed by atoms with Gasteiger partial charge in [0.2, 0.25) is 5.91 Å². The van der Waals surface area contributed by atoms with Crippen LogP contribution in [0.25, 0.3) is 11.1 Å². The SMILES string of the molecule is CCCC(NC(=O)OCC1c2ccccc2-c2ccccc21)C(=O)NC1(C(=O)O)CCC1. The van der Waals surface area contributed by atoms with E-state index in [2.05, 4.69) is 22.8 Å². The number of benzene rings is 2. The number of carbonyl (C=O) groups is 3. The van der Waals surface area contributed by atoms with E-state index in [1.807, 2.05) is 43.3 Å². The summed E-state index contributed by atoms with van der Waals surface area (Å²) in [6, 6.07) is 15.3. The van der Waals surface area contributed by atoms with Crippen molar-refractivity contribution in [3.05, 3.63) is 59.7 Å². The lowest BCUT2D eigenvalue weighted by Gasteiger charge is -2.39. The molecule has 7 heteroatoms. The normalized spacial score (nSPS) is 16.8. The zero-order valence-corrected chi connectivity index (χ0v) is 18.1. The van der Waals surface area contributed by atoms with Crippen molar-refractivity contribution in [2.24, 2.45) is 0 Å². The van der Waals surface area contributed by atoms with Gasteiger partial charge in [0.25, 0.3) is 0 Å². The van der Waals surface area contributed by atoms with E-state index >= 15 is 0 Å². The van der Waals surface area contributed by atoms with Crippen LogP contribution in [0.2, 0.25) is 0 Å². The van der Waals surface area contributed by atoms with Crippen molar-refractivity contribution in [1.82, 2.24) is 10.6 Å². The van der Waals surface area contributed by atoms with Crippen LogP contribution in [-0.2, 0) is 14.3 Å². The van der Waals surface area contributed by atoms with Crippen molar-refractivity contribution in [3.8, 4) is 11.1 Å². The van der Waals surface area contributed by atoms with Gasteiger partial charge in [0.1, 0.15) is 18.2 Å². The first kappa shape index (κ1) is 21.9. The molecule has 1 fully saturated rings. The number of amides is 2. The third-order valence-corrected chi connectivity index (χ3v) is 6.51. The van der Waals surface area contributed by atoms with E-state index in [0.29, 0.717) is 25.7 Å². The second-order valence-electron chi connectivity index (χ2n) is 8.54. The van der Waals surface area contributed by atoms with Crippen molar-refractivity contribution < 1.29 is 24.2 Å². The molecule has 2 aromatic carbocycles. The standard InChI is InChI=1S/C25H28N2O5/c1-2-8-21(22(28)27-25(23(29)30)13-7-14-25)26-24(31)32-15-20-18-11-5-3-9-16(18)17-10-4-6-12-19(17)20/h3-6,9-12,20-21H,2,7-8,13-15H2,1H3,(H,26,31)(H,27,28)(H,29,30). The number of nitrogens with one attached hydrogen (secondary N) is 2. The fourth-order valence-electron chi connectivity index (χ4n) is 4.59. The summed E-state index contributed by atoms with van der Waals surface area (Å²) >= 11 is 0. The maximum Gasteiger partial charge on any atom is 0.407 e. The van der Waals surface area contributed by atoms with E-state index < -0.39 is 29.6 Å². The second-order valence-corrected chi connectivity index (χ2v) is 8.54. The Hall–Kier alpha value is -3.35. The zero-order chi connectivity index (χ0) is 22.7. The molecule has 32 heavy (non-hydrogen) atoms. The van der Waals surface area contributed by atoms with Gasteiger partial charge in [0.15, 0.2) is 0 Å². The highest BCUT2D eigenvalue weighted by Gasteiger charge is 2.46. The van der Waals surface area contributed by atoms with Crippen LogP contribution in [0.4, 0.5) is 4.79 Å². The number of fused-ring (bicyclic) bond motifs is 3. The molecule has 4 rings (SSSR count). The second kappa shape index (κ2) is 9.02. The lowest BCUT2D eigenvalue weighted by Crippen LogP contribution is -2.62. The summed E-state index contributed by atoms with van der Waals surface area (Å²) in [5.41, 5.74) is 3.28. The minimum absolute atomic E-state index is 0.0724. The van der Waals surface area contributed by atoms with Crippen LogP contribution in [-0.4, -0.2) is 41.3 Å². The number of hydrogen-bond donors (Lipinski definition) is 3. The Morgan fingerprint density at radius 3 is 2.16 bits per heavy atom. The number of aliphatic carboxylic acids is 1. The van der Waals surface area contributed by atoms with Crippen molar-refractivity contribution >= 4 is 18.0 Å². The van der Waals surface area contributed by atoms with E-state index in [4.69, 9.17) is 4.74 Å². The number of carboxylic acids is 1. The smallest absolute Gasteiger partial charge is 0.407 e. The highest BCUT2D eigenvalue weighted by molar-refractivity contribution is 5.91. The highest BCUT2D eigenvalue weighted by atomic mass is 16.5. The molecule has 3 N–H and O–H groups in total. The Bertz CT molecular complexity index is 985. The Labute approximate surface area is 187 Å². The minimum atomic E-state index is -1.22. The molecule has 1 saturated carbocycles. The van der Waals surface area contributed by atoms with Gasteiger partial charge in [-0.15, -0.1) is 0 Å². The fraction of sp³-hybridized carbons (Fsp3) is 0.400. The van der Waals surface area contributed by atoms with Crippen LogP contribution in [0.1, 0.15) is 56.1 Å². The van der Waals surface area contributed by atoms with Gasteiger partial charge < -0.3 is 20.5 Å². The van der Waals surface area contributed by atoms with Gasteiger partial charge in [-0.1, -0.05) is 61.9 Å². The molecule has 2 aliphatic rings. The summed E-state index contributed by atoms with van der Waals surface area (Å²) in [5.74, 6) is -1.59. The van der Waals surface area contributed by atoms with Gasteiger partial charge in [-0.3, -0.25) is 4.79 Å². The van der Waals surface area contributed by atoms with Crippen molar-refractivity contribution in [1.29, 1.82) is 0 Å². The summed E-state index contributed by atoms with van der Waals surface area (Å²) in [4.78, 5) is 36.9. The van der Waals surface area contributed by atoms with E-state index in [1.54, 1.807) is 0 Å². The van der Waals surface area contributed by atoms with Crippen LogP contribution < -0.4 is 10.6 Å². The van der Waals surface area contributed by atoms with Crippen LogP contribution in [0.15, 0.2) is 48.5 Å². The van der Waals surface area contributed by atoms with Crippen LogP contribution in [0.3, 0.4) is 0 Å². The summed E-state index contributed by atoms with van der Waals surface area (Å²) < 4.78 is 5.54. The first-order valence-electron chi connectivity index (χ1n) is 11.1. The fourth-order valence-corrected chi connectivity index (χ4v) is 4.59. The first-order chi connectivity index (χ1) is 15.4. The summed E-state index contributed by atoms with van der Waals surface area (Å²) in [6.07, 6.45) is 1.92. The maximum absolute atomic E-state index is 12.7. The molecule has 2 aromatic rings. The van der Waals surface area contributed by atoms with E-state index in [-0.39, 0.29) is 12.5 Å². The van der Waals surface area contributed by atoms with E-state index in [0.717, 1.165) is 28.7 Å². The molecule has 0 aliphatic heterocycles. The Kier molecular flexibility index (Phi) is 6.17. The number of ether oxygens (including phenoxy) is 1. The monoisotopic (exact) mass is 436 g/mol. The van der Waals surface area contributed by atoms with E-state index in [1.165, 1.54) is 0 Å². The molecule has 0 radical (unpaired) electrons. The van der Waals surface area contributed by atoms with Crippen LogP contribution in [0.5, 0.6) is 0 Å². The van der Waals surface area contributed by atoms with E-state index in [9.17, 15) is 19.5 Å². The molecule has 168 valence electrons. The molecule has 2 amide bonds. The van der Waals surface area contributed by atoms with Crippen molar-refractivity contribution in [2.75, 3.05) is 6.61 Å². The van der Waals surface area contributed by atoms with Gasteiger partial charge in [-0.25, -0.2) is 9.59 Å². The molecule has 0 saturated heterocycles. The third-order valence-electron chi connectivity index (χ3n) is 6.51. The molecule has 1 atom stereocenters. The van der Waals surface area contributed by atoms with Gasteiger partial charge in [-0.05, 0) is 47.9 Å². The van der Waals surface area contributed by atoms with Crippen molar-refractivity contribution in [2.45, 2.75) is 56.5 Å². The predicted octanol–water partition coefficient (Wildman–Crippen LogP) is 3.82. The molecular weight excluding hydrogens is 408 g/mol. The molecule has 2 aliphatic carbocycles. The van der Waals surface area contributed by atoms with Crippen LogP contribution >= 0.6 is 0 Å². The van der Waals surface area contributed by atoms with Gasteiger partial charge in [0.05, 0.1) is 0 Å². The number of carboxylic acid groups (broad SMARTS) is 1. The van der Waals surface area contributed by atoms with Gasteiger partial charge in [0, 0.05) is 5.92 Å². The summed E-state index contributed by atoms with van der Waals surface area (Å²) in [6.45, 7) is 2.05. The average Bonchev–Trinajstić information content (AvgIpc) is 3.08. The number of alkyl carbamates (subject to hydrolysis) is 1. The predicted molar refractivity (Wildman–Crippen MR) is 119 cm³/mol.